The van der Waals surface area contributed by atoms with Gasteiger partial charge in [-0.05, 0) is 92.0 Å². The molecule has 3 aromatic carbocycles. The van der Waals surface area contributed by atoms with Crippen molar-refractivity contribution in [2.45, 2.75) is 137 Å². The van der Waals surface area contributed by atoms with Crippen LogP contribution >= 0.6 is 11.3 Å². The van der Waals surface area contributed by atoms with Crippen molar-refractivity contribution < 1.29 is 38.6 Å². The Morgan fingerprint density at radius 3 is 2.21 bits per heavy atom. The number of hydrogen-bond donors (Lipinski definition) is 5. The van der Waals surface area contributed by atoms with Crippen LogP contribution in [-0.2, 0) is 48.2 Å². The van der Waals surface area contributed by atoms with Crippen molar-refractivity contribution in [1.82, 2.24) is 25.8 Å². The number of ether oxygens (including phenoxy) is 2. The first-order chi connectivity index (χ1) is 29.2. The van der Waals surface area contributed by atoms with Gasteiger partial charge in [0.25, 0.3) is 0 Å². The molecule has 1 aliphatic heterocycles. The summed E-state index contributed by atoms with van der Waals surface area (Å²) in [6.45, 7) is 15.2. The van der Waals surface area contributed by atoms with Crippen LogP contribution in [0.5, 0.6) is 0 Å². The lowest BCUT2D eigenvalue weighted by molar-refractivity contribution is -0.144. The lowest BCUT2D eigenvalue weighted by Crippen LogP contribution is -2.57. The van der Waals surface area contributed by atoms with E-state index in [4.69, 9.17) is 15.2 Å². The Morgan fingerprint density at radius 1 is 0.919 bits per heavy atom. The molecule has 15 heteroatoms. The lowest BCUT2D eigenvalue weighted by Gasteiger charge is -2.35. The molecule has 4 aromatic rings. The topological polar surface area (TPSA) is 202 Å². The predicted molar refractivity (Wildman–Crippen MR) is 240 cm³/mol. The van der Waals surface area contributed by atoms with E-state index in [2.05, 4.69) is 20.9 Å². The van der Waals surface area contributed by atoms with Crippen molar-refractivity contribution in [3.63, 3.8) is 0 Å². The number of rotatable bonds is 17. The summed E-state index contributed by atoms with van der Waals surface area (Å²) in [6, 6.07) is 17.5. The molecule has 334 valence electrons. The number of aromatic nitrogens is 1. The molecule has 5 atom stereocenters. The third-order valence-electron chi connectivity index (χ3n) is 10.8. The number of likely N-dealkylation sites (tertiary alicyclic amines) is 1. The van der Waals surface area contributed by atoms with Gasteiger partial charge in [0.2, 0.25) is 23.6 Å². The number of nitrogens with zero attached hydrogens (tertiary/aromatic N) is 2. The third kappa shape index (κ3) is 13.6. The second kappa shape index (κ2) is 20.7. The molecule has 1 aliphatic rings. The van der Waals surface area contributed by atoms with Crippen molar-refractivity contribution >= 4 is 51.8 Å². The number of aliphatic hydroxyl groups excluding tert-OH is 1. The maximum Gasteiger partial charge on any atom is 0.407 e. The van der Waals surface area contributed by atoms with E-state index in [0.29, 0.717) is 12.8 Å². The molecule has 1 fully saturated rings. The SMILES string of the molecule is Cc1ncsc1-c1ccc(CNC(=O)[C@@H]2C[C@@H](O)CN2C(=O)[C@@H](NC(=O)CCc2ccc3ccc(CO[C@H](C)[C@H](CCC(N)=O)NC(=O)OC(C)(C)C)cc3c2)C(C)(C)C)cc1. The van der Waals surface area contributed by atoms with Crippen molar-refractivity contribution in [2.24, 2.45) is 11.1 Å². The van der Waals surface area contributed by atoms with Crippen molar-refractivity contribution in [2.75, 3.05) is 6.54 Å². The summed E-state index contributed by atoms with van der Waals surface area (Å²) in [7, 11) is 0. The van der Waals surface area contributed by atoms with Gasteiger partial charge < -0.3 is 41.2 Å². The molecule has 1 saturated heterocycles. The Kier molecular flexibility index (Phi) is 15.9. The number of fused-ring (bicyclic) bond motifs is 1. The van der Waals surface area contributed by atoms with E-state index in [0.717, 1.165) is 43.6 Å². The second-order valence-corrected chi connectivity index (χ2v) is 19.1. The Morgan fingerprint density at radius 2 is 1.58 bits per heavy atom. The minimum atomic E-state index is -0.936. The summed E-state index contributed by atoms with van der Waals surface area (Å²) in [5.41, 5.74) is 10.6. The minimum Gasteiger partial charge on any atom is -0.444 e. The lowest BCUT2D eigenvalue weighted by atomic mass is 9.85. The van der Waals surface area contributed by atoms with Crippen LogP contribution in [0.3, 0.4) is 0 Å². The normalized spacial score (nSPS) is 17.0. The van der Waals surface area contributed by atoms with Gasteiger partial charge in [0.15, 0.2) is 0 Å². The van der Waals surface area contributed by atoms with Crippen molar-refractivity contribution in [3.8, 4) is 10.4 Å². The van der Waals surface area contributed by atoms with E-state index in [1.54, 1.807) is 32.1 Å². The van der Waals surface area contributed by atoms with E-state index in [1.165, 1.54) is 4.90 Å². The van der Waals surface area contributed by atoms with Crippen LogP contribution in [0.15, 0.2) is 66.2 Å². The van der Waals surface area contributed by atoms with Crippen LogP contribution in [0, 0.1) is 12.3 Å². The number of carbonyl (C=O) groups is 5. The van der Waals surface area contributed by atoms with Gasteiger partial charge in [-0.1, -0.05) is 75.4 Å². The average Bonchev–Trinajstić information content (AvgIpc) is 3.82. The van der Waals surface area contributed by atoms with Crippen molar-refractivity contribution in [1.29, 1.82) is 0 Å². The average molecular weight is 871 g/mol. The summed E-state index contributed by atoms with van der Waals surface area (Å²) in [5.74, 6) is -1.57. The molecule has 0 aliphatic carbocycles. The molecular weight excluding hydrogens is 809 g/mol. The fraction of sp³-hybridized carbons (Fsp3) is 0.489. The fourth-order valence-electron chi connectivity index (χ4n) is 7.39. The molecule has 0 radical (unpaired) electrons. The molecule has 0 spiro atoms. The van der Waals surface area contributed by atoms with Crippen LogP contribution in [0.4, 0.5) is 4.79 Å². The number of alkyl carbamates (subject to hydrolysis) is 1. The number of carbonyl (C=O) groups excluding carboxylic acids is 5. The highest BCUT2D eigenvalue weighted by Crippen LogP contribution is 2.29. The van der Waals surface area contributed by atoms with Gasteiger partial charge >= 0.3 is 6.09 Å². The number of nitrogens with two attached hydrogens (primary N) is 1. The third-order valence-corrected chi connectivity index (χ3v) is 11.8. The maximum absolute atomic E-state index is 14.1. The Balaban J connectivity index is 1.17. The molecule has 0 unspecified atom stereocenters. The van der Waals surface area contributed by atoms with Crippen LogP contribution in [0.2, 0.25) is 0 Å². The van der Waals surface area contributed by atoms with Gasteiger partial charge in [-0.25, -0.2) is 9.78 Å². The van der Waals surface area contributed by atoms with Gasteiger partial charge in [0.05, 0.1) is 40.9 Å². The molecule has 0 saturated carbocycles. The Bertz CT molecular complexity index is 2210. The number of hydrogen-bond acceptors (Lipinski definition) is 10. The predicted octanol–water partition coefficient (Wildman–Crippen LogP) is 6.08. The van der Waals surface area contributed by atoms with Crippen LogP contribution in [0.1, 0.15) is 96.5 Å². The molecule has 6 N–H and O–H groups in total. The van der Waals surface area contributed by atoms with Crippen LogP contribution < -0.4 is 21.7 Å². The number of aliphatic hydroxyl groups is 1. The Labute approximate surface area is 368 Å². The minimum absolute atomic E-state index is 0.00978. The van der Waals surface area contributed by atoms with Gasteiger partial charge in [0, 0.05) is 32.4 Å². The van der Waals surface area contributed by atoms with Gasteiger partial charge in [-0.15, -0.1) is 11.3 Å². The van der Waals surface area contributed by atoms with Crippen molar-refractivity contribution in [3.05, 3.63) is 88.6 Å². The summed E-state index contributed by atoms with van der Waals surface area (Å²) < 4.78 is 11.6. The molecule has 0 bridgehead atoms. The first kappa shape index (κ1) is 47.7. The molecule has 1 aromatic heterocycles. The number of β-amino-alcohol motifs (C(OH)–C–C–N with tert-alkyl or cyclic N) is 1. The maximum atomic E-state index is 14.1. The van der Waals surface area contributed by atoms with Gasteiger partial charge in [-0.3, -0.25) is 19.2 Å². The Hall–Kier alpha value is -5.38. The van der Waals surface area contributed by atoms with Crippen LogP contribution in [-0.4, -0.2) is 87.2 Å². The zero-order chi connectivity index (χ0) is 45.4. The summed E-state index contributed by atoms with van der Waals surface area (Å²) in [6.07, 6.45) is -0.930. The molecule has 14 nitrogen and oxygen atoms in total. The van der Waals surface area contributed by atoms with E-state index in [-0.39, 0.29) is 50.8 Å². The van der Waals surface area contributed by atoms with E-state index in [9.17, 15) is 29.1 Å². The number of thiazole rings is 1. The molecule has 5 rings (SSSR count). The number of benzene rings is 3. The first-order valence-corrected chi connectivity index (χ1v) is 22.0. The monoisotopic (exact) mass is 870 g/mol. The largest absolute Gasteiger partial charge is 0.444 e. The van der Waals surface area contributed by atoms with E-state index in [1.807, 2.05) is 101 Å². The first-order valence-electron chi connectivity index (χ1n) is 21.1. The van der Waals surface area contributed by atoms with Crippen LogP contribution in [0.25, 0.3) is 21.2 Å². The zero-order valence-electron chi connectivity index (χ0n) is 37.1. The number of aryl methyl sites for hydroxylation is 2. The fourth-order valence-corrected chi connectivity index (χ4v) is 8.20. The second-order valence-electron chi connectivity index (χ2n) is 18.2. The summed E-state index contributed by atoms with van der Waals surface area (Å²) >= 11 is 1.57. The van der Waals surface area contributed by atoms with Gasteiger partial charge in [0.1, 0.15) is 17.7 Å². The quantitative estimate of drug-likeness (QED) is 0.0834. The highest BCUT2D eigenvalue weighted by molar-refractivity contribution is 7.13. The number of primary amides is 1. The number of nitrogens with one attached hydrogen (secondary N) is 3. The molecule has 2 heterocycles. The molecule has 5 amide bonds. The summed E-state index contributed by atoms with van der Waals surface area (Å²) in [4.78, 5) is 72.0. The standard InChI is InChI=1S/C47H62N6O8S/c1-28-41(62-27-50-28)34-16-10-31(11-17-34)24-49-43(57)38-23-36(54)25-53(38)44(58)42(46(3,4)5)52-40(56)20-13-30-9-14-33-15-12-32(22-35(33)21-30)26-60-29(2)37(18-19-39(48)55)51-45(59)61-47(6,7)8/h9-12,14-17,21-22,27,29,36-38,42,54H,13,18-20,23-26H2,1-8H3,(H2,48,55)(H,49,57)(H,51,59)(H,52,56)/t29-,36-,37+,38+,42-/m1/s1. The molecular formula is C47H62N6O8S. The highest BCUT2D eigenvalue weighted by Gasteiger charge is 2.44. The van der Waals surface area contributed by atoms with E-state index < -0.39 is 59.3 Å². The van der Waals surface area contributed by atoms with Gasteiger partial charge in [-0.2, -0.15) is 0 Å². The smallest absolute Gasteiger partial charge is 0.407 e. The zero-order valence-corrected chi connectivity index (χ0v) is 37.9. The molecule has 62 heavy (non-hydrogen) atoms. The number of amides is 5. The van der Waals surface area contributed by atoms with E-state index >= 15 is 0 Å². The summed E-state index contributed by atoms with van der Waals surface area (Å²) in [5, 5.41) is 21.3. The highest BCUT2D eigenvalue weighted by atomic mass is 32.1.